The summed E-state index contributed by atoms with van der Waals surface area (Å²) in [6.45, 7) is 5.73. The predicted molar refractivity (Wildman–Crippen MR) is 81.0 cm³/mol. The molecule has 1 saturated heterocycles. The number of likely N-dealkylation sites (tertiary alicyclic amines) is 1. The number of rotatable bonds is 6. The molecule has 5 heteroatoms. The number of carboxylic acids is 1. The van der Waals surface area contributed by atoms with Gasteiger partial charge < -0.3 is 10.4 Å². The molecule has 0 aromatic carbocycles. The first-order chi connectivity index (χ1) is 9.95. The van der Waals surface area contributed by atoms with E-state index in [1.165, 1.54) is 19.3 Å². The molecule has 2 rings (SSSR count). The van der Waals surface area contributed by atoms with Gasteiger partial charge in [0.15, 0.2) is 0 Å². The van der Waals surface area contributed by atoms with Crippen LogP contribution < -0.4 is 5.32 Å². The number of carbonyl (C=O) groups is 2. The molecule has 0 aromatic heterocycles. The van der Waals surface area contributed by atoms with Crippen LogP contribution in [0.5, 0.6) is 0 Å². The molecule has 5 nitrogen and oxygen atoms in total. The van der Waals surface area contributed by atoms with Gasteiger partial charge in [0.2, 0.25) is 5.91 Å². The molecule has 0 radical (unpaired) electrons. The van der Waals surface area contributed by atoms with Gasteiger partial charge >= 0.3 is 5.97 Å². The van der Waals surface area contributed by atoms with E-state index in [0.29, 0.717) is 18.4 Å². The Kier molecular flexibility index (Phi) is 5.62. The molecular weight excluding hydrogens is 268 g/mol. The Morgan fingerprint density at radius 3 is 2.52 bits per heavy atom. The smallest absolute Gasteiger partial charge is 0.303 e. The lowest BCUT2D eigenvalue weighted by atomic mass is 9.84. The summed E-state index contributed by atoms with van der Waals surface area (Å²) in [4.78, 5) is 25.2. The van der Waals surface area contributed by atoms with Crippen molar-refractivity contribution >= 4 is 11.9 Å². The minimum atomic E-state index is -0.724. The normalized spacial score (nSPS) is 27.4. The molecule has 2 N–H and O–H groups in total. The van der Waals surface area contributed by atoms with Crippen molar-refractivity contribution < 1.29 is 14.7 Å². The number of hydrogen-bond acceptors (Lipinski definition) is 3. The second kappa shape index (κ2) is 7.25. The van der Waals surface area contributed by atoms with Gasteiger partial charge in [0.25, 0.3) is 0 Å². The van der Waals surface area contributed by atoms with Crippen molar-refractivity contribution in [1.29, 1.82) is 0 Å². The van der Waals surface area contributed by atoms with Gasteiger partial charge in [-0.1, -0.05) is 20.3 Å². The topological polar surface area (TPSA) is 69.6 Å². The molecule has 1 aliphatic carbocycles. The van der Waals surface area contributed by atoms with Gasteiger partial charge in [-0.2, -0.15) is 0 Å². The fourth-order valence-corrected chi connectivity index (χ4v) is 3.30. The first kappa shape index (κ1) is 16.3. The summed E-state index contributed by atoms with van der Waals surface area (Å²) in [5.41, 5.74) is 0. The average molecular weight is 296 g/mol. The standard InChI is InChI=1S/C16H28N2O3/c1-11(2)16(21)17-13-8-12(6-7-15(19)20)9-18(10-13)14-4-3-5-14/h11-14H,3-10H2,1-2H3,(H,17,21)(H,19,20). The monoisotopic (exact) mass is 296 g/mol. The van der Waals surface area contributed by atoms with Crippen LogP contribution in [0.2, 0.25) is 0 Å². The molecule has 2 fully saturated rings. The Hall–Kier alpha value is -1.10. The highest BCUT2D eigenvalue weighted by Gasteiger charge is 2.34. The molecule has 1 amide bonds. The summed E-state index contributed by atoms with van der Waals surface area (Å²) in [7, 11) is 0. The summed E-state index contributed by atoms with van der Waals surface area (Å²) in [5.74, 6) is -0.236. The lowest BCUT2D eigenvalue weighted by Crippen LogP contribution is -2.55. The van der Waals surface area contributed by atoms with Crippen molar-refractivity contribution in [3.05, 3.63) is 0 Å². The van der Waals surface area contributed by atoms with E-state index >= 15 is 0 Å². The van der Waals surface area contributed by atoms with Gasteiger partial charge in [0.1, 0.15) is 0 Å². The number of carbonyl (C=O) groups excluding carboxylic acids is 1. The average Bonchev–Trinajstić information content (AvgIpc) is 2.34. The highest BCUT2D eigenvalue weighted by atomic mass is 16.4. The summed E-state index contributed by atoms with van der Waals surface area (Å²) >= 11 is 0. The lowest BCUT2D eigenvalue weighted by Gasteiger charge is -2.45. The van der Waals surface area contributed by atoms with E-state index in [-0.39, 0.29) is 24.3 Å². The highest BCUT2D eigenvalue weighted by Crippen LogP contribution is 2.30. The summed E-state index contributed by atoms with van der Waals surface area (Å²) in [6, 6.07) is 0.823. The van der Waals surface area contributed by atoms with Gasteiger partial charge in [-0.05, 0) is 31.6 Å². The van der Waals surface area contributed by atoms with Gasteiger partial charge in [0.05, 0.1) is 0 Å². The zero-order valence-corrected chi connectivity index (χ0v) is 13.2. The van der Waals surface area contributed by atoms with Gasteiger partial charge in [-0.25, -0.2) is 0 Å². The van der Waals surface area contributed by atoms with Crippen LogP contribution in [-0.4, -0.2) is 47.1 Å². The summed E-state index contributed by atoms with van der Waals surface area (Å²) < 4.78 is 0. The van der Waals surface area contributed by atoms with E-state index in [9.17, 15) is 9.59 Å². The van der Waals surface area contributed by atoms with Gasteiger partial charge in [-0.3, -0.25) is 14.5 Å². The minimum Gasteiger partial charge on any atom is -0.481 e. The third-order valence-corrected chi connectivity index (χ3v) is 4.79. The quantitative estimate of drug-likeness (QED) is 0.785. The van der Waals surface area contributed by atoms with Crippen molar-refractivity contribution in [2.75, 3.05) is 13.1 Å². The predicted octanol–water partition coefficient (Wildman–Crippen LogP) is 1.87. The number of hydrogen-bond donors (Lipinski definition) is 2. The fraction of sp³-hybridized carbons (Fsp3) is 0.875. The Balaban J connectivity index is 1.92. The second-order valence-electron chi connectivity index (χ2n) is 6.93. The number of carboxylic acid groups (broad SMARTS) is 1. The van der Waals surface area contributed by atoms with Crippen LogP contribution in [0.4, 0.5) is 0 Å². The third-order valence-electron chi connectivity index (χ3n) is 4.79. The van der Waals surface area contributed by atoms with E-state index in [0.717, 1.165) is 19.5 Å². The van der Waals surface area contributed by atoms with Crippen LogP contribution in [-0.2, 0) is 9.59 Å². The number of nitrogens with zero attached hydrogens (tertiary/aromatic N) is 1. The number of amides is 1. The molecule has 2 atom stereocenters. The molecule has 0 aromatic rings. The van der Waals surface area contributed by atoms with Crippen molar-refractivity contribution in [1.82, 2.24) is 10.2 Å². The van der Waals surface area contributed by atoms with Crippen LogP contribution in [0.15, 0.2) is 0 Å². The zero-order chi connectivity index (χ0) is 15.4. The fourth-order valence-electron chi connectivity index (χ4n) is 3.30. The molecule has 0 spiro atoms. The maximum Gasteiger partial charge on any atom is 0.303 e. The van der Waals surface area contributed by atoms with E-state index < -0.39 is 5.97 Å². The molecule has 2 unspecified atom stereocenters. The molecule has 21 heavy (non-hydrogen) atoms. The van der Waals surface area contributed by atoms with Gasteiger partial charge in [0, 0.05) is 37.5 Å². The lowest BCUT2D eigenvalue weighted by molar-refractivity contribution is -0.137. The largest absolute Gasteiger partial charge is 0.481 e. The van der Waals surface area contributed by atoms with Crippen LogP contribution >= 0.6 is 0 Å². The van der Waals surface area contributed by atoms with Crippen molar-refractivity contribution in [2.24, 2.45) is 11.8 Å². The van der Waals surface area contributed by atoms with E-state index in [2.05, 4.69) is 10.2 Å². The SMILES string of the molecule is CC(C)C(=O)NC1CC(CCC(=O)O)CN(C2CCC2)C1. The number of nitrogens with one attached hydrogen (secondary N) is 1. The first-order valence-corrected chi connectivity index (χ1v) is 8.22. The van der Waals surface area contributed by atoms with Crippen LogP contribution in [0.1, 0.15) is 52.4 Å². The zero-order valence-electron chi connectivity index (χ0n) is 13.2. The van der Waals surface area contributed by atoms with Crippen molar-refractivity contribution in [3.8, 4) is 0 Å². The maximum atomic E-state index is 11.9. The van der Waals surface area contributed by atoms with Gasteiger partial charge in [-0.15, -0.1) is 0 Å². The van der Waals surface area contributed by atoms with Crippen LogP contribution in [0, 0.1) is 11.8 Å². The van der Waals surface area contributed by atoms with Crippen LogP contribution in [0.25, 0.3) is 0 Å². The molecule has 1 heterocycles. The Labute approximate surface area is 127 Å². The Bertz CT molecular complexity index is 380. The molecular formula is C16H28N2O3. The minimum absolute atomic E-state index is 0.00143. The van der Waals surface area contributed by atoms with Crippen molar-refractivity contribution in [3.63, 3.8) is 0 Å². The number of piperidine rings is 1. The highest BCUT2D eigenvalue weighted by molar-refractivity contribution is 5.78. The maximum absolute atomic E-state index is 11.9. The second-order valence-corrected chi connectivity index (χ2v) is 6.93. The molecule has 0 bridgehead atoms. The van der Waals surface area contributed by atoms with E-state index in [4.69, 9.17) is 5.11 Å². The Morgan fingerprint density at radius 1 is 1.29 bits per heavy atom. The van der Waals surface area contributed by atoms with E-state index in [1.54, 1.807) is 0 Å². The third kappa shape index (κ3) is 4.70. The summed E-state index contributed by atoms with van der Waals surface area (Å²) in [5, 5.41) is 12.0. The molecule has 2 aliphatic rings. The van der Waals surface area contributed by atoms with E-state index in [1.807, 2.05) is 13.8 Å². The van der Waals surface area contributed by atoms with Crippen LogP contribution in [0.3, 0.4) is 0 Å². The van der Waals surface area contributed by atoms with Crippen molar-refractivity contribution in [2.45, 2.75) is 64.5 Å². The number of aliphatic carboxylic acids is 1. The Morgan fingerprint density at radius 2 is 2.00 bits per heavy atom. The molecule has 1 saturated carbocycles. The molecule has 120 valence electrons. The first-order valence-electron chi connectivity index (χ1n) is 8.22. The molecule has 1 aliphatic heterocycles. The summed E-state index contributed by atoms with van der Waals surface area (Å²) in [6.07, 6.45) is 5.65.